The summed E-state index contributed by atoms with van der Waals surface area (Å²) in [6, 6.07) is 33.9. The molecule has 0 spiro atoms. The molecular weight excluding hydrogens is 1040 g/mol. The van der Waals surface area contributed by atoms with E-state index in [1.807, 2.05) is 0 Å². The molecule has 26 nitrogen and oxygen atoms in total. The number of hydrogen-bond donors (Lipinski definition) is 0. The van der Waals surface area contributed by atoms with E-state index in [0.717, 1.165) is 21.5 Å². The number of para-hydroxylation sites is 4. The Morgan fingerprint density at radius 1 is 0.297 bits per heavy atom. The maximum atomic E-state index is 10.6. The predicted molar refractivity (Wildman–Crippen MR) is 222 cm³/mol. The van der Waals surface area contributed by atoms with Crippen molar-refractivity contribution in [2.75, 3.05) is 0 Å². The Hall–Kier alpha value is -8.08. The second kappa shape index (κ2) is 29.2. The summed E-state index contributed by atoms with van der Waals surface area (Å²) in [5, 5.41) is 75.0. The van der Waals surface area contributed by atoms with Crippen molar-refractivity contribution in [3.05, 3.63) is 217 Å². The number of nitro groups is 4. The van der Waals surface area contributed by atoms with E-state index < -0.39 is 29.9 Å². The Kier molecular flexibility index (Phi) is 26.5. The first kappa shape index (κ1) is 58.0. The quantitative estimate of drug-likeness (QED) is 0.104. The topological polar surface area (TPSA) is 420 Å². The molecule has 4 aromatic heterocycles. The van der Waals surface area contributed by atoms with Crippen molar-refractivity contribution < 1.29 is 85.6 Å². The monoisotopic (exact) mass is 1070 g/mol. The maximum absolute atomic E-state index is 10.6. The van der Waals surface area contributed by atoms with Gasteiger partial charge in [0.1, 0.15) is 22.1 Å². The minimum atomic E-state index is -1.75. The van der Waals surface area contributed by atoms with Gasteiger partial charge >= 0.3 is 44.8 Å². The maximum Gasteiger partial charge on any atom is 1.00 e. The summed E-state index contributed by atoms with van der Waals surface area (Å²) in [7, 11) is 0. The number of aromatic nitrogens is 4. The van der Waals surface area contributed by atoms with Crippen LogP contribution in [0.1, 0.15) is 0 Å². The first-order valence-corrected chi connectivity index (χ1v) is 16.2. The average molecular weight is 1070 g/mol. The third-order valence-electron chi connectivity index (χ3n) is 7.23. The largest absolute Gasteiger partial charge is 1.00 e. The molecule has 0 saturated heterocycles. The van der Waals surface area contributed by atoms with E-state index in [1.165, 1.54) is 24.3 Å². The van der Waals surface area contributed by atoms with E-state index in [0.29, 0.717) is 22.1 Å². The number of benzene rings is 4. The van der Waals surface area contributed by atoms with Crippen molar-refractivity contribution in [2.24, 2.45) is 0 Å². The van der Waals surface area contributed by atoms with Crippen LogP contribution in [0.3, 0.4) is 0 Å². The smallest absolute Gasteiger partial charge is 0.412 e. The normalized spacial score (nSPS) is 9.00. The average Bonchev–Trinajstić information content (AvgIpc) is 3.23. The molecule has 64 heavy (non-hydrogen) atoms. The molecule has 4 heterocycles. The standard InChI is InChI=1S/4C9H6N2O2.2Ag.2NO3.2H2O/c4*12-11(13)8-5-1-3-7-4-2-6-10-9(7)8;;;2*2-1(3)4;;/h4*1-6H;;;;;2*1H2/q;;;;2*+1;2*-1;;. The minimum absolute atomic E-state index is 0. The first-order valence-electron chi connectivity index (χ1n) is 16.2. The number of nitrogens with zero attached hydrogens (tertiary/aromatic N) is 10. The van der Waals surface area contributed by atoms with Crippen molar-refractivity contribution >= 4 is 66.4 Å². The molecule has 0 radical (unpaired) electrons. The Morgan fingerprint density at radius 2 is 0.453 bits per heavy atom. The summed E-state index contributed by atoms with van der Waals surface area (Å²) < 4.78 is 0. The molecule has 0 saturated carbocycles. The van der Waals surface area contributed by atoms with Gasteiger partial charge in [-0.25, -0.2) is 19.9 Å². The van der Waals surface area contributed by atoms with E-state index in [4.69, 9.17) is 30.6 Å². The number of nitro benzene ring substituents is 4. The van der Waals surface area contributed by atoms with Gasteiger partial charge in [0.05, 0.1) is 29.9 Å². The van der Waals surface area contributed by atoms with Gasteiger partial charge in [-0.15, -0.1) is 0 Å². The number of fused-ring (bicyclic) bond motifs is 4. The molecule has 0 atom stereocenters. The fourth-order valence-electron chi connectivity index (χ4n) is 4.94. The van der Waals surface area contributed by atoms with Crippen molar-refractivity contribution in [1.82, 2.24) is 19.9 Å². The molecule has 28 heteroatoms. The van der Waals surface area contributed by atoms with Crippen LogP contribution in [0.2, 0.25) is 0 Å². The van der Waals surface area contributed by atoms with Gasteiger partial charge in [-0.05, 0) is 24.3 Å². The fourth-order valence-corrected chi connectivity index (χ4v) is 4.94. The SMILES string of the molecule is O.O.O=[N+]([O-])[O-].O=[N+]([O-])[O-].O=[N+]([O-])c1cccc2cccnc12.O=[N+]([O-])c1cccc2cccnc12.O=[N+]([O-])c1cccc2cccnc12.O=[N+]([O-])c1cccc2cccnc12.[Ag+].[Ag+]. The van der Waals surface area contributed by atoms with Gasteiger partial charge in [-0.2, -0.15) is 0 Å². The fraction of sp³-hybridized carbons (Fsp3) is 0. The Labute approximate surface area is 387 Å². The summed E-state index contributed by atoms with van der Waals surface area (Å²) in [4.78, 5) is 73.0. The molecule has 4 N–H and O–H groups in total. The second-order valence-corrected chi connectivity index (χ2v) is 10.9. The Bertz CT molecular complexity index is 2430. The van der Waals surface area contributed by atoms with Gasteiger partial charge in [0.2, 0.25) is 0 Å². The van der Waals surface area contributed by atoms with Crippen LogP contribution in [0, 0.1) is 71.1 Å². The van der Waals surface area contributed by atoms with Crippen LogP contribution in [0.4, 0.5) is 22.7 Å². The first-order chi connectivity index (χ1) is 28.6. The molecule has 0 amide bonds. The number of non-ortho nitro benzene ring substituents is 4. The molecule has 0 unspecified atom stereocenters. The zero-order valence-electron chi connectivity index (χ0n) is 31.6. The zero-order valence-corrected chi connectivity index (χ0v) is 34.6. The third kappa shape index (κ3) is 17.9. The molecule has 0 fully saturated rings. The van der Waals surface area contributed by atoms with E-state index in [2.05, 4.69) is 19.9 Å². The number of hydrogen-bond acceptors (Lipinski definition) is 18. The van der Waals surface area contributed by atoms with Crippen molar-refractivity contribution in [3.8, 4) is 0 Å². The van der Waals surface area contributed by atoms with Crippen LogP contribution in [-0.4, -0.2) is 60.8 Å². The number of pyridine rings is 4. The van der Waals surface area contributed by atoms with Gasteiger partial charge in [0.15, 0.2) is 0 Å². The van der Waals surface area contributed by atoms with Gasteiger partial charge < -0.3 is 41.6 Å². The Balaban J connectivity index is 0. The molecule has 0 aliphatic rings. The van der Waals surface area contributed by atoms with E-state index >= 15 is 0 Å². The summed E-state index contributed by atoms with van der Waals surface area (Å²) in [6.45, 7) is 0. The molecule has 0 aliphatic carbocycles. The summed E-state index contributed by atoms with van der Waals surface area (Å²) >= 11 is 0. The van der Waals surface area contributed by atoms with Crippen LogP contribution in [0.15, 0.2) is 146 Å². The number of rotatable bonds is 4. The zero-order chi connectivity index (χ0) is 44.2. The van der Waals surface area contributed by atoms with Gasteiger partial charge in [-0.1, -0.05) is 72.8 Å². The molecule has 0 aliphatic heterocycles. The second-order valence-electron chi connectivity index (χ2n) is 10.9. The Morgan fingerprint density at radius 3 is 0.609 bits per heavy atom. The van der Waals surface area contributed by atoms with Crippen molar-refractivity contribution in [3.63, 3.8) is 0 Å². The molecule has 8 rings (SSSR count). The predicted octanol–water partition coefficient (Wildman–Crippen LogP) is 6.44. The van der Waals surface area contributed by atoms with Gasteiger partial charge in [0, 0.05) is 70.6 Å². The van der Waals surface area contributed by atoms with Crippen LogP contribution in [0.5, 0.6) is 0 Å². The van der Waals surface area contributed by atoms with Gasteiger partial charge in [-0.3, -0.25) is 40.5 Å². The third-order valence-corrected chi connectivity index (χ3v) is 7.23. The molecule has 4 aromatic carbocycles. The van der Waals surface area contributed by atoms with Crippen LogP contribution >= 0.6 is 0 Å². The van der Waals surface area contributed by atoms with Gasteiger partial charge in [0.25, 0.3) is 22.7 Å². The van der Waals surface area contributed by atoms with Crippen molar-refractivity contribution in [1.29, 1.82) is 0 Å². The van der Waals surface area contributed by atoms with E-state index in [-0.39, 0.29) is 78.5 Å². The van der Waals surface area contributed by atoms with E-state index in [9.17, 15) is 40.5 Å². The van der Waals surface area contributed by atoms with Crippen LogP contribution in [0.25, 0.3) is 43.6 Å². The summed E-state index contributed by atoms with van der Waals surface area (Å²) in [5.74, 6) is 0. The summed E-state index contributed by atoms with van der Waals surface area (Å²) in [5.41, 5.74) is 1.97. The molecule has 0 bridgehead atoms. The molecule has 340 valence electrons. The summed E-state index contributed by atoms with van der Waals surface area (Å²) in [6.07, 6.45) is 6.20. The molecule has 8 aromatic rings. The van der Waals surface area contributed by atoms with E-state index in [1.54, 1.807) is 122 Å². The molecular formula is C36H28Ag2N10O16. The minimum Gasteiger partial charge on any atom is -0.412 e. The van der Waals surface area contributed by atoms with Crippen LogP contribution < -0.4 is 0 Å². The van der Waals surface area contributed by atoms with Crippen molar-refractivity contribution in [2.45, 2.75) is 0 Å². The van der Waals surface area contributed by atoms with Crippen LogP contribution in [-0.2, 0) is 44.8 Å².